The number of hydrogen-bond donors (Lipinski definition) is 2. The van der Waals surface area contributed by atoms with E-state index in [1.165, 1.54) is 0 Å². The number of aryl methyl sites for hydroxylation is 1. The highest BCUT2D eigenvalue weighted by molar-refractivity contribution is 5.51. The van der Waals surface area contributed by atoms with Gasteiger partial charge in [-0.2, -0.15) is 0 Å². The van der Waals surface area contributed by atoms with Crippen LogP contribution in [0.2, 0.25) is 0 Å². The van der Waals surface area contributed by atoms with Crippen LogP contribution in [0, 0.1) is 0 Å². The summed E-state index contributed by atoms with van der Waals surface area (Å²) < 4.78 is 5.23. The monoisotopic (exact) mass is 210 g/mol. The van der Waals surface area contributed by atoms with E-state index in [0.29, 0.717) is 12.4 Å². The molecule has 0 atom stereocenters. The Hall–Kier alpha value is -1.38. The number of ether oxygens (including phenoxy) is 1. The first-order valence-electron chi connectivity index (χ1n) is 5.36. The van der Waals surface area contributed by atoms with E-state index >= 15 is 0 Å². The summed E-state index contributed by atoms with van der Waals surface area (Å²) in [7, 11) is 0. The Balaban J connectivity index is 2.90. The highest BCUT2D eigenvalue weighted by Gasteiger charge is 2.09. The zero-order valence-electron chi connectivity index (χ0n) is 9.29. The standard InChI is InChI=1S/C12H18O3/c1-3-5-6-9-7-10(13)12(14)11(8-9)15-4-2/h7-8,13-14H,3-6H2,1-2H3. The van der Waals surface area contributed by atoms with Gasteiger partial charge in [-0.05, 0) is 37.5 Å². The highest BCUT2D eigenvalue weighted by Crippen LogP contribution is 2.36. The third kappa shape index (κ3) is 3.05. The summed E-state index contributed by atoms with van der Waals surface area (Å²) in [5.74, 6) is 0.0905. The molecule has 3 heteroatoms. The highest BCUT2D eigenvalue weighted by atomic mass is 16.5. The maximum Gasteiger partial charge on any atom is 0.200 e. The van der Waals surface area contributed by atoms with E-state index in [-0.39, 0.29) is 11.5 Å². The van der Waals surface area contributed by atoms with Crippen LogP contribution in [0.5, 0.6) is 17.2 Å². The summed E-state index contributed by atoms with van der Waals surface area (Å²) in [4.78, 5) is 0. The molecule has 0 unspecified atom stereocenters. The topological polar surface area (TPSA) is 49.7 Å². The van der Waals surface area contributed by atoms with Gasteiger partial charge in [0.1, 0.15) is 0 Å². The average Bonchev–Trinajstić information content (AvgIpc) is 2.22. The lowest BCUT2D eigenvalue weighted by Crippen LogP contribution is -1.94. The molecule has 0 amide bonds. The minimum Gasteiger partial charge on any atom is -0.504 e. The van der Waals surface area contributed by atoms with Gasteiger partial charge in [-0.1, -0.05) is 13.3 Å². The molecule has 0 aliphatic heterocycles. The minimum atomic E-state index is -0.169. The summed E-state index contributed by atoms with van der Waals surface area (Å²) >= 11 is 0. The summed E-state index contributed by atoms with van der Waals surface area (Å²) in [6, 6.07) is 3.38. The Labute approximate surface area is 90.3 Å². The van der Waals surface area contributed by atoms with E-state index in [2.05, 4.69) is 6.92 Å². The van der Waals surface area contributed by atoms with E-state index in [1.807, 2.05) is 6.92 Å². The Morgan fingerprint density at radius 3 is 2.53 bits per heavy atom. The lowest BCUT2D eigenvalue weighted by Gasteiger charge is -2.09. The van der Waals surface area contributed by atoms with Crippen molar-refractivity contribution in [1.82, 2.24) is 0 Å². The van der Waals surface area contributed by atoms with Gasteiger partial charge in [0.15, 0.2) is 11.5 Å². The molecule has 0 aliphatic carbocycles. The number of hydrogen-bond acceptors (Lipinski definition) is 3. The predicted octanol–water partition coefficient (Wildman–Crippen LogP) is 2.84. The van der Waals surface area contributed by atoms with Crippen molar-refractivity contribution in [1.29, 1.82) is 0 Å². The third-order valence-electron chi connectivity index (χ3n) is 2.23. The molecule has 0 heterocycles. The largest absolute Gasteiger partial charge is 0.504 e. The van der Waals surface area contributed by atoms with E-state index in [1.54, 1.807) is 12.1 Å². The van der Waals surface area contributed by atoms with Crippen LogP contribution in [0.1, 0.15) is 32.3 Å². The van der Waals surface area contributed by atoms with Crippen molar-refractivity contribution < 1.29 is 14.9 Å². The van der Waals surface area contributed by atoms with Gasteiger partial charge in [0, 0.05) is 0 Å². The van der Waals surface area contributed by atoms with Gasteiger partial charge in [0.2, 0.25) is 5.75 Å². The van der Waals surface area contributed by atoms with Crippen LogP contribution < -0.4 is 4.74 Å². The van der Waals surface area contributed by atoms with Gasteiger partial charge in [-0.25, -0.2) is 0 Å². The zero-order valence-corrected chi connectivity index (χ0v) is 9.29. The average molecular weight is 210 g/mol. The summed E-state index contributed by atoms with van der Waals surface area (Å²) in [6.45, 7) is 4.43. The lowest BCUT2D eigenvalue weighted by atomic mass is 10.1. The Morgan fingerprint density at radius 2 is 1.93 bits per heavy atom. The molecule has 0 saturated heterocycles. The first-order chi connectivity index (χ1) is 7.19. The smallest absolute Gasteiger partial charge is 0.200 e. The number of rotatable bonds is 5. The zero-order chi connectivity index (χ0) is 11.3. The van der Waals surface area contributed by atoms with Crippen molar-refractivity contribution in [3.05, 3.63) is 17.7 Å². The SMILES string of the molecule is CCCCc1cc(O)c(O)c(OCC)c1. The van der Waals surface area contributed by atoms with Crippen LogP contribution in [0.15, 0.2) is 12.1 Å². The molecule has 84 valence electrons. The molecule has 1 aromatic rings. The van der Waals surface area contributed by atoms with E-state index in [4.69, 9.17) is 4.74 Å². The second-order valence-corrected chi connectivity index (χ2v) is 3.50. The van der Waals surface area contributed by atoms with Gasteiger partial charge >= 0.3 is 0 Å². The van der Waals surface area contributed by atoms with Crippen LogP contribution >= 0.6 is 0 Å². The van der Waals surface area contributed by atoms with Crippen molar-refractivity contribution in [3.8, 4) is 17.2 Å². The first kappa shape index (κ1) is 11.7. The van der Waals surface area contributed by atoms with Crippen LogP contribution in [-0.2, 0) is 6.42 Å². The summed E-state index contributed by atoms with van der Waals surface area (Å²) in [5.41, 5.74) is 0.996. The van der Waals surface area contributed by atoms with E-state index in [9.17, 15) is 10.2 Å². The van der Waals surface area contributed by atoms with Crippen LogP contribution in [-0.4, -0.2) is 16.8 Å². The van der Waals surface area contributed by atoms with Crippen molar-refractivity contribution >= 4 is 0 Å². The second-order valence-electron chi connectivity index (χ2n) is 3.50. The van der Waals surface area contributed by atoms with Crippen molar-refractivity contribution in [2.24, 2.45) is 0 Å². The van der Waals surface area contributed by atoms with Gasteiger partial charge in [0.05, 0.1) is 6.61 Å². The molecule has 0 fully saturated rings. The van der Waals surface area contributed by atoms with Crippen molar-refractivity contribution in [3.63, 3.8) is 0 Å². The number of aromatic hydroxyl groups is 2. The number of unbranched alkanes of at least 4 members (excludes halogenated alkanes) is 1. The molecule has 0 aromatic heterocycles. The van der Waals surface area contributed by atoms with Gasteiger partial charge in [-0.3, -0.25) is 0 Å². The number of benzene rings is 1. The lowest BCUT2D eigenvalue weighted by molar-refractivity contribution is 0.308. The summed E-state index contributed by atoms with van der Waals surface area (Å²) in [5, 5.41) is 19.0. The molecule has 15 heavy (non-hydrogen) atoms. The maximum atomic E-state index is 9.50. The van der Waals surface area contributed by atoms with E-state index in [0.717, 1.165) is 24.8 Å². The molecule has 0 spiro atoms. The maximum absolute atomic E-state index is 9.50. The first-order valence-corrected chi connectivity index (χ1v) is 5.36. The molecule has 0 bridgehead atoms. The predicted molar refractivity (Wildman–Crippen MR) is 59.6 cm³/mol. The Kier molecular flexibility index (Phi) is 4.28. The fourth-order valence-corrected chi connectivity index (χ4v) is 1.44. The van der Waals surface area contributed by atoms with Crippen molar-refractivity contribution in [2.45, 2.75) is 33.1 Å². The number of phenolic OH excluding ortho intramolecular Hbond substituents is 2. The van der Waals surface area contributed by atoms with Gasteiger partial charge in [0.25, 0.3) is 0 Å². The molecular weight excluding hydrogens is 192 g/mol. The normalized spacial score (nSPS) is 10.3. The quantitative estimate of drug-likeness (QED) is 0.735. The third-order valence-corrected chi connectivity index (χ3v) is 2.23. The molecule has 0 saturated carbocycles. The molecular formula is C12H18O3. The molecule has 0 aliphatic rings. The molecule has 1 aromatic carbocycles. The molecule has 3 nitrogen and oxygen atoms in total. The molecule has 2 N–H and O–H groups in total. The van der Waals surface area contributed by atoms with Crippen molar-refractivity contribution in [2.75, 3.05) is 6.61 Å². The Morgan fingerprint density at radius 1 is 1.20 bits per heavy atom. The molecule has 1 rings (SSSR count). The second kappa shape index (κ2) is 5.49. The number of phenols is 2. The summed E-state index contributed by atoms with van der Waals surface area (Å²) in [6.07, 6.45) is 3.06. The minimum absolute atomic E-state index is 0.105. The van der Waals surface area contributed by atoms with E-state index < -0.39 is 0 Å². The van der Waals surface area contributed by atoms with Gasteiger partial charge < -0.3 is 14.9 Å². The van der Waals surface area contributed by atoms with Gasteiger partial charge in [-0.15, -0.1) is 0 Å². The fourth-order valence-electron chi connectivity index (χ4n) is 1.44. The fraction of sp³-hybridized carbons (Fsp3) is 0.500. The van der Waals surface area contributed by atoms with Crippen LogP contribution in [0.25, 0.3) is 0 Å². The Bertz CT molecular complexity index is 321. The van der Waals surface area contributed by atoms with Crippen LogP contribution in [0.3, 0.4) is 0 Å². The molecule has 0 radical (unpaired) electrons. The van der Waals surface area contributed by atoms with Crippen LogP contribution in [0.4, 0.5) is 0 Å².